The highest BCUT2D eigenvalue weighted by atomic mass is 19.1. The van der Waals surface area contributed by atoms with E-state index in [0.717, 1.165) is 24.8 Å². The van der Waals surface area contributed by atoms with E-state index in [4.69, 9.17) is 10.5 Å². The molecule has 24 heavy (non-hydrogen) atoms. The molecule has 0 aromatic heterocycles. The number of ether oxygens (including phenoxy) is 1. The van der Waals surface area contributed by atoms with Crippen molar-refractivity contribution in [3.8, 4) is 5.75 Å². The van der Waals surface area contributed by atoms with Crippen LogP contribution in [0.25, 0.3) is 0 Å². The summed E-state index contributed by atoms with van der Waals surface area (Å²) in [7, 11) is 0. The molecule has 0 aliphatic heterocycles. The van der Waals surface area contributed by atoms with Crippen molar-refractivity contribution in [2.75, 3.05) is 5.32 Å². The summed E-state index contributed by atoms with van der Waals surface area (Å²) in [6, 6.07) is 13.6. The topological polar surface area (TPSA) is 64.4 Å². The molecule has 3 rings (SSSR count). The molecule has 1 aliphatic carbocycles. The molecular weight excluding hydrogens is 307 g/mol. The summed E-state index contributed by atoms with van der Waals surface area (Å²) in [6.07, 6.45) is 2.49. The number of halogens is 1. The van der Waals surface area contributed by atoms with Crippen LogP contribution in [-0.4, -0.2) is 11.9 Å². The van der Waals surface area contributed by atoms with E-state index >= 15 is 0 Å². The average molecular weight is 328 g/mol. The van der Waals surface area contributed by atoms with Gasteiger partial charge >= 0.3 is 0 Å². The predicted molar refractivity (Wildman–Crippen MR) is 91.1 cm³/mol. The van der Waals surface area contributed by atoms with Crippen molar-refractivity contribution >= 4 is 11.6 Å². The number of nitrogens with one attached hydrogen (secondary N) is 1. The highest BCUT2D eigenvalue weighted by molar-refractivity contribution is 5.92. The van der Waals surface area contributed by atoms with Crippen LogP contribution in [0.4, 0.5) is 10.1 Å². The maximum Gasteiger partial charge on any atom is 0.227 e. The molecule has 1 aliphatic rings. The summed E-state index contributed by atoms with van der Waals surface area (Å²) in [5.41, 5.74) is 7.45. The summed E-state index contributed by atoms with van der Waals surface area (Å²) in [6.45, 7) is 0.342. The second kappa shape index (κ2) is 7.45. The fraction of sp³-hybridized carbons (Fsp3) is 0.316. The SMILES string of the molecule is NC1CCC(C(=O)Nc2cccc(OCc3ccc(F)cc3)c2)C1. The van der Waals surface area contributed by atoms with Gasteiger partial charge in [-0.3, -0.25) is 4.79 Å². The minimum Gasteiger partial charge on any atom is -0.489 e. The maximum absolute atomic E-state index is 12.9. The first-order chi connectivity index (χ1) is 11.6. The Bertz CT molecular complexity index is 703. The van der Waals surface area contributed by atoms with E-state index in [1.165, 1.54) is 12.1 Å². The largest absolute Gasteiger partial charge is 0.489 e. The first kappa shape index (κ1) is 16.5. The molecule has 4 nitrogen and oxygen atoms in total. The van der Waals surface area contributed by atoms with Crippen LogP contribution in [0.1, 0.15) is 24.8 Å². The van der Waals surface area contributed by atoms with Gasteiger partial charge < -0.3 is 15.8 Å². The van der Waals surface area contributed by atoms with Crippen molar-refractivity contribution < 1.29 is 13.9 Å². The Hall–Kier alpha value is -2.40. The van der Waals surface area contributed by atoms with Crippen LogP contribution in [0.15, 0.2) is 48.5 Å². The third-order valence-electron chi connectivity index (χ3n) is 4.26. The van der Waals surface area contributed by atoms with E-state index in [1.807, 2.05) is 18.2 Å². The molecule has 0 spiro atoms. The molecule has 2 unspecified atom stereocenters. The summed E-state index contributed by atoms with van der Waals surface area (Å²) >= 11 is 0. The van der Waals surface area contributed by atoms with Crippen molar-refractivity contribution in [2.45, 2.75) is 31.9 Å². The minimum atomic E-state index is -0.268. The number of nitrogens with two attached hydrogens (primary N) is 1. The second-order valence-corrected chi connectivity index (χ2v) is 6.20. The third kappa shape index (κ3) is 4.32. The Balaban J connectivity index is 1.57. The van der Waals surface area contributed by atoms with Gasteiger partial charge in [0.25, 0.3) is 0 Å². The summed E-state index contributed by atoms with van der Waals surface area (Å²) in [5, 5.41) is 2.93. The fourth-order valence-corrected chi connectivity index (χ4v) is 2.91. The van der Waals surface area contributed by atoms with E-state index in [0.29, 0.717) is 18.0 Å². The van der Waals surface area contributed by atoms with E-state index < -0.39 is 0 Å². The first-order valence-electron chi connectivity index (χ1n) is 8.14. The number of benzene rings is 2. The molecule has 3 N–H and O–H groups in total. The number of anilines is 1. The zero-order valence-electron chi connectivity index (χ0n) is 13.4. The molecule has 0 radical (unpaired) electrons. The number of hydrogen-bond acceptors (Lipinski definition) is 3. The number of carbonyl (C=O) groups is 1. The molecule has 1 amide bonds. The van der Waals surface area contributed by atoms with Crippen molar-refractivity contribution in [3.63, 3.8) is 0 Å². The molecular formula is C19H21FN2O2. The Labute approximate surface area is 140 Å². The molecule has 5 heteroatoms. The maximum atomic E-state index is 12.9. The van der Waals surface area contributed by atoms with Crippen LogP contribution in [0.2, 0.25) is 0 Å². The van der Waals surface area contributed by atoms with Gasteiger partial charge in [-0.05, 0) is 49.1 Å². The van der Waals surface area contributed by atoms with E-state index in [2.05, 4.69) is 5.32 Å². The van der Waals surface area contributed by atoms with Crippen LogP contribution in [-0.2, 0) is 11.4 Å². The van der Waals surface area contributed by atoms with Crippen LogP contribution in [0, 0.1) is 11.7 Å². The summed E-state index contributed by atoms with van der Waals surface area (Å²) < 4.78 is 18.6. The summed E-state index contributed by atoms with van der Waals surface area (Å²) in [5.74, 6) is 0.387. The second-order valence-electron chi connectivity index (χ2n) is 6.20. The molecule has 1 fully saturated rings. The zero-order valence-corrected chi connectivity index (χ0v) is 13.4. The lowest BCUT2D eigenvalue weighted by Gasteiger charge is -2.12. The van der Waals surface area contributed by atoms with Crippen molar-refractivity contribution in [2.24, 2.45) is 11.7 Å². The van der Waals surface area contributed by atoms with Crippen LogP contribution in [0.5, 0.6) is 5.75 Å². The highest BCUT2D eigenvalue weighted by Gasteiger charge is 2.27. The van der Waals surface area contributed by atoms with Crippen molar-refractivity contribution in [1.29, 1.82) is 0 Å². The van der Waals surface area contributed by atoms with Gasteiger partial charge in [0.15, 0.2) is 0 Å². The van der Waals surface area contributed by atoms with Gasteiger partial charge in [-0.15, -0.1) is 0 Å². The number of hydrogen-bond donors (Lipinski definition) is 2. The molecule has 126 valence electrons. The number of amides is 1. The molecule has 1 saturated carbocycles. The lowest BCUT2D eigenvalue weighted by Crippen LogP contribution is -2.23. The van der Waals surface area contributed by atoms with Gasteiger partial charge in [-0.1, -0.05) is 18.2 Å². The third-order valence-corrected chi connectivity index (χ3v) is 4.26. The van der Waals surface area contributed by atoms with Gasteiger partial charge in [-0.2, -0.15) is 0 Å². The number of rotatable bonds is 5. The first-order valence-corrected chi connectivity index (χ1v) is 8.14. The van der Waals surface area contributed by atoms with Crippen LogP contribution < -0.4 is 15.8 Å². The lowest BCUT2D eigenvalue weighted by atomic mass is 10.1. The van der Waals surface area contributed by atoms with Gasteiger partial charge in [-0.25, -0.2) is 4.39 Å². The molecule has 0 heterocycles. The average Bonchev–Trinajstić information content (AvgIpc) is 3.01. The molecule has 2 aromatic rings. The monoisotopic (exact) mass is 328 g/mol. The Morgan fingerprint density at radius 3 is 2.71 bits per heavy atom. The molecule has 2 aromatic carbocycles. The van der Waals surface area contributed by atoms with Gasteiger partial charge in [0.05, 0.1) is 0 Å². The van der Waals surface area contributed by atoms with Crippen LogP contribution in [0.3, 0.4) is 0 Å². The van der Waals surface area contributed by atoms with Crippen molar-refractivity contribution in [3.05, 3.63) is 59.9 Å². The lowest BCUT2D eigenvalue weighted by molar-refractivity contribution is -0.119. The van der Waals surface area contributed by atoms with E-state index in [9.17, 15) is 9.18 Å². The predicted octanol–water partition coefficient (Wildman–Crippen LogP) is 3.47. The van der Waals surface area contributed by atoms with Crippen molar-refractivity contribution in [1.82, 2.24) is 0 Å². The van der Waals surface area contributed by atoms with E-state index in [-0.39, 0.29) is 23.7 Å². The normalized spacial score (nSPS) is 19.9. The molecule has 2 atom stereocenters. The van der Waals surface area contributed by atoms with E-state index in [1.54, 1.807) is 18.2 Å². The summed E-state index contributed by atoms with van der Waals surface area (Å²) in [4.78, 5) is 12.2. The van der Waals surface area contributed by atoms with Gasteiger partial charge in [0.2, 0.25) is 5.91 Å². The highest BCUT2D eigenvalue weighted by Crippen LogP contribution is 2.26. The smallest absolute Gasteiger partial charge is 0.227 e. The minimum absolute atomic E-state index is 0.0104. The Kier molecular flexibility index (Phi) is 5.11. The van der Waals surface area contributed by atoms with Crippen LogP contribution >= 0.6 is 0 Å². The van der Waals surface area contributed by atoms with Gasteiger partial charge in [0, 0.05) is 23.7 Å². The quantitative estimate of drug-likeness (QED) is 0.883. The number of carbonyl (C=O) groups excluding carboxylic acids is 1. The standard InChI is InChI=1S/C19H21FN2O2/c20-15-7-4-13(5-8-15)12-24-18-3-1-2-17(11-18)22-19(23)14-6-9-16(21)10-14/h1-5,7-8,11,14,16H,6,9-10,12,21H2,(H,22,23). The molecule has 0 bridgehead atoms. The van der Waals surface area contributed by atoms with Gasteiger partial charge in [0.1, 0.15) is 18.2 Å². The Morgan fingerprint density at radius 1 is 1.21 bits per heavy atom. The zero-order chi connectivity index (χ0) is 16.9. The molecule has 0 saturated heterocycles. The Morgan fingerprint density at radius 2 is 2.00 bits per heavy atom. The fourth-order valence-electron chi connectivity index (χ4n) is 2.91.